The number of alkyl carbamates (subject to hydrolysis) is 1. The minimum atomic E-state index is -1.04. The van der Waals surface area contributed by atoms with Crippen LogP contribution in [-0.4, -0.2) is 28.2 Å². The molecule has 7 nitrogen and oxygen atoms in total. The average molecular weight is 537 g/mol. The number of rotatable bonds is 8. The van der Waals surface area contributed by atoms with Crippen molar-refractivity contribution in [1.82, 2.24) is 5.32 Å². The number of ether oxygens (including phenoxy) is 1. The van der Waals surface area contributed by atoms with Crippen LogP contribution in [0, 0.1) is 8.99 Å². The summed E-state index contributed by atoms with van der Waals surface area (Å²) < 4.78 is 6.47. The van der Waals surface area contributed by atoms with Crippen LogP contribution < -0.4 is 5.32 Å². The predicted molar refractivity (Wildman–Crippen MR) is 124 cm³/mol. The summed E-state index contributed by atoms with van der Waals surface area (Å²) in [6.07, 6.45) is 1.64. The van der Waals surface area contributed by atoms with E-state index in [-0.39, 0.29) is 5.75 Å². The Bertz CT molecular complexity index is 971. The molecule has 0 heterocycles. The fraction of sp³-hybridized carbons (Fsp3) is 0.261. The van der Waals surface area contributed by atoms with Gasteiger partial charge in [0.2, 0.25) is 0 Å². The van der Waals surface area contributed by atoms with E-state index in [1.165, 1.54) is 12.1 Å². The monoisotopic (exact) mass is 537 g/mol. The number of imide groups is 1. The standard InChI is InChI=1S/C23H24INO6/c1-23(2,13-7-6-10-19(27)28)20(17-14-16(24)11-12-18(17)26)31-22(30)25-21(29)15-8-4-3-5-9-15/h3-6,8-12,14,20,26H,7,13H2,1-2H3,(H,27,28)(H,25,29,30)/b10-6+/t20-/m1/s1. The summed E-state index contributed by atoms with van der Waals surface area (Å²) >= 11 is 2.09. The number of aromatic hydroxyl groups is 1. The van der Waals surface area contributed by atoms with Crippen LogP contribution in [0.5, 0.6) is 5.75 Å². The van der Waals surface area contributed by atoms with Gasteiger partial charge in [-0.1, -0.05) is 38.1 Å². The van der Waals surface area contributed by atoms with E-state index < -0.39 is 29.5 Å². The molecule has 1 atom stereocenters. The fourth-order valence-corrected chi connectivity index (χ4v) is 3.56. The van der Waals surface area contributed by atoms with Crippen LogP contribution in [0.25, 0.3) is 0 Å². The molecular weight excluding hydrogens is 513 g/mol. The fourth-order valence-electron chi connectivity index (χ4n) is 3.04. The second-order valence-electron chi connectivity index (χ2n) is 7.58. The molecule has 164 valence electrons. The van der Waals surface area contributed by atoms with Crippen LogP contribution in [0.15, 0.2) is 60.7 Å². The number of hydrogen-bond acceptors (Lipinski definition) is 5. The summed E-state index contributed by atoms with van der Waals surface area (Å²) in [6.45, 7) is 3.69. The van der Waals surface area contributed by atoms with Gasteiger partial charge >= 0.3 is 12.1 Å². The van der Waals surface area contributed by atoms with Gasteiger partial charge in [-0.2, -0.15) is 0 Å². The van der Waals surface area contributed by atoms with E-state index in [0.717, 1.165) is 9.65 Å². The van der Waals surface area contributed by atoms with Gasteiger partial charge in [-0.25, -0.2) is 9.59 Å². The minimum Gasteiger partial charge on any atom is -0.508 e. The number of carbonyl (C=O) groups is 3. The third-order valence-electron chi connectivity index (χ3n) is 4.67. The Balaban J connectivity index is 2.24. The summed E-state index contributed by atoms with van der Waals surface area (Å²) in [7, 11) is 0. The Morgan fingerprint density at radius 1 is 1.16 bits per heavy atom. The number of phenolic OH excluding ortho intramolecular Hbond substituents is 1. The Hall–Kier alpha value is -2.88. The quantitative estimate of drug-likeness (QED) is 0.321. The molecule has 3 N–H and O–H groups in total. The predicted octanol–water partition coefficient (Wildman–Crippen LogP) is 5.05. The van der Waals surface area contributed by atoms with Crippen molar-refractivity contribution in [3.05, 3.63) is 75.4 Å². The lowest BCUT2D eigenvalue weighted by atomic mass is 9.78. The molecule has 2 rings (SSSR count). The summed E-state index contributed by atoms with van der Waals surface area (Å²) in [6, 6.07) is 13.2. The van der Waals surface area contributed by atoms with Crippen LogP contribution in [-0.2, 0) is 9.53 Å². The highest BCUT2D eigenvalue weighted by Gasteiger charge is 2.36. The first-order chi connectivity index (χ1) is 14.6. The second-order valence-corrected chi connectivity index (χ2v) is 8.82. The van der Waals surface area contributed by atoms with E-state index in [0.29, 0.717) is 24.0 Å². The van der Waals surface area contributed by atoms with Crippen molar-refractivity contribution >= 4 is 40.6 Å². The SMILES string of the molecule is CC(C)(CC/C=C/C(=O)O)[C@H](OC(=O)NC(=O)c1ccccc1)c1cc(I)ccc1O. The van der Waals surface area contributed by atoms with Crippen molar-refractivity contribution in [2.75, 3.05) is 0 Å². The zero-order valence-corrected chi connectivity index (χ0v) is 19.3. The van der Waals surface area contributed by atoms with Gasteiger partial charge < -0.3 is 14.9 Å². The molecule has 0 aliphatic rings. The lowest BCUT2D eigenvalue weighted by Crippen LogP contribution is -2.35. The van der Waals surface area contributed by atoms with Crippen molar-refractivity contribution in [2.24, 2.45) is 5.41 Å². The van der Waals surface area contributed by atoms with Gasteiger partial charge in [-0.3, -0.25) is 10.1 Å². The molecule has 0 fully saturated rings. The van der Waals surface area contributed by atoms with Gasteiger partial charge in [0.1, 0.15) is 11.9 Å². The third-order valence-corrected chi connectivity index (χ3v) is 5.35. The number of aliphatic carboxylic acids is 1. The van der Waals surface area contributed by atoms with Gasteiger partial charge in [-0.05, 0) is 65.8 Å². The number of nitrogens with one attached hydrogen (secondary N) is 1. The van der Waals surface area contributed by atoms with Crippen molar-refractivity contribution < 1.29 is 29.3 Å². The first-order valence-corrected chi connectivity index (χ1v) is 10.6. The normalized spacial score (nSPS) is 12.4. The van der Waals surface area contributed by atoms with Crippen LogP contribution in [0.2, 0.25) is 0 Å². The smallest absolute Gasteiger partial charge is 0.414 e. The molecule has 0 saturated heterocycles. The van der Waals surface area contributed by atoms with Crippen molar-refractivity contribution in [2.45, 2.75) is 32.8 Å². The molecule has 0 spiro atoms. The number of carboxylic acids is 1. The number of allylic oxidation sites excluding steroid dienone is 1. The maximum Gasteiger partial charge on any atom is 0.414 e. The molecular formula is C23H24INO6. The molecule has 0 unspecified atom stereocenters. The number of halogens is 1. The summed E-state index contributed by atoms with van der Waals surface area (Å²) in [5.74, 6) is -1.68. The minimum absolute atomic E-state index is 0.0400. The topological polar surface area (TPSA) is 113 Å². The van der Waals surface area contributed by atoms with E-state index in [1.807, 2.05) is 13.8 Å². The zero-order chi connectivity index (χ0) is 23.0. The summed E-state index contributed by atoms with van der Waals surface area (Å²) in [5.41, 5.74) is 0.0327. The first kappa shape index (κ1) is 24.4. The molecule has 0 saturated carbocycles. The maximum atomic E-state index is 12.5. The maximum absolute atomic E-state index is 12.5. The van der Waals surface area contributed by atoms with Gasteiger partial charge in [-0.15, -0.1) is 0 Å². The highest BCUT2D eigenvalue weighted by molar-refractivity contribution is 14.1. The number of phenols is 1. The number of carboxylic acid groups (broad SMARTS) is 1. The van der Waals surface area contributed by atoms with Crippen molar-refractivity contribution in [1.29, 1.82) is 0 Å². The van der Waals surface area contributed by atoms with Crippen LogP contribution in [0.4, 0.5) is 4.79 Å². The van der Waals surface area contributed by atoms with Gasteiger partial charge in [0.05, 0.1) is 0 Å². The van der Waals surface area contributed by atoms with Crippen LogP contribution in [0.3, 0.4) is 0 Å². The van der Waals surface area contributed by atoms with E-state index in [2.05, 4.69) is 27.9 Å². The highest BCUT2D eigenvalue weighted by Crippen LogP contribution is 2.44. The molecule has 0 aromatic heterocycles. The lowest BCUT2D eigenvalue weighted by molar-refractivity contribution is -0.131. The third kappa shape index (κ3) is 7.39. The zero-order valence-electron chi connectivity index (χ0n) is 17.2. The Morgan fingerprint density at radius 2 is 1.84 bits per heavy atom. The molecule has 2 aromatic carbocycles. The molecule has 2 amide bonds. The molecule has 0 aliphatic carbocycles. The molecule has 8 heteroatoms. The van der Waals surface area contributed by atoms with Gasteiger partial charge in [0, 0.05) is 26.2 Å². The largest absolute Gasteiger partial charge is 0.508 e. The number of benzene rings is 2. The van der Waals surface area contributed by atoms with Crippen molar-refractivity contribution in [3.8, 4) is 5.75 Å². The molecule has 0 radical (unpaired) electrons. The van der Waals surface area contributed by atoms with Crippen LogP contribution >= 0.6 is 22.6 Å². The Morgan fingerprint density at radius 3 is 2.48 bits per heavy atom. The van der Waals surface area contributed by atoms with Gasteiger partial charge in [0.25, 0.3) is 5.91 Å². The second kappa shape index (κ2) is 10.9. The highest BCUT2D eigenvalue weighted by atomic mass is 127. The van der Waals surface area contributed by atoms with Crippen LogP contribution in [0.1, 0.15) is 48.7 Å². The number of amides is 2. The molecule has 0 bridgehead atoms. The summed E-state index contributed by atoms with van der Waals surface area (Å²) in [4.78, 5) is 35.5. The Kier molecular flexibility index (Phi) is 8.61. The lowest BCUT2D eigenvalue weighted by Gasteiger charge is -2.34. The van der Waals surface area contributed by atoms with E-state index in [9.17, 15) is 19.5 Å². The average Bonchev–Trinajstić information content (AvgIpc) is 2.72. The number of hydrogen-bond donors (Lipinski definition) is 3. The number of carbonyl (C=O) groups excluding carboxylic acids is 2. The van der Waals surface area contributed by atoms with Crippen molar-refractivity contribution in [3.63, 3.8) is 0 Å². The Labute approximate surface area is 194 Å². The van der Waals surface area contributed by atoms with E-state index in [4.69, 9.17) is 9.84 Å². The molecule has 31 heavy (non-hydrogen) atoms. The first-order valence-electron chi connectivity index (χ1n) is 9.55. The van der Waals surface area contributed by atoms with E-state index in [1.54, 1.807) is 42.5 Å². The molecule has 2 aromatic rings. The van der Waals surface area contributed by atoms with Gasteiger partial charge in [0.15, 0.2) is 0 Å². The summed E-state index contributed by atoms with van der Waals surface area (Å²) in [5, 5.41) is 21.4. The molecule has 0 aliphatic heterocycles. The van der Waals surface area contributed by atoms with E-state index >= 15 is 0 Å².